The largest absolute Gasteiger partial charge is 0.394 e. The lowest BCUT2D eigenvalue weighted by atomic mass is 9.91. The van der Waals surface area contributed by atoms with E-state index in [1.165, 1.54) is 6.92 Å². The molecule has 1 aliphatic rings. The van der Waals surface area contributed by atoms with Gasteiger partial charge in [0, 0.05) is 0 Å². The van der Waals surface area contributed by atoms with Crippen LogP contribution >= 0.6 is 15.9 Å². The molecule has 0 aromatic rings. The number of halogens is 1. The molecule has 0 bridgehead atoms. The molecular formula is C8H15BrO6. The van der Waals surface area contributed by atoms with E-state index in [9.17, 15) is 20.4 Å². The monoisotopic (exact) mass is 286 g/mol. The molecule has 1 saturated heterocycles. The van der Waals surface area contributed by atoms with Crippen molar-refractivity contribution in [3.63, 3.8) is 0 Å². The van der Waals surface area contributed by atoms with Gasteiger partial charge in [0.25, 0.3) is 0 Å². The minimum atomic E-state index is -2.04. The van der Waals surface area contributed by atoms with Gasteiger partial charge < -0.3 is 30.3 Å². The average Bonchev–Trinajstić information content (AvgIpc) is 2.20. The lowest BCUT2D eigenvalue weighted by Crippen LogP contribution is -2.67. The van der Waals surface area contributed by atoms with Crippen LogP contribution in [0.4, 0.5) is 0 Å². The van der Waals surface area contributed by atoms with Gasteiger partial charge in [-0.3, -0.25) is 0 Å². The normalized spacial score (nSPS) is 49.0. The molecular weight excluding hydrogens is 272 g/mol. The molecule has 1 heterocycles. The second kappa shape index (κ2) is 4.62. The molecule has 0 aromatic carbocycles. The Labute approximate surface area is 95.2 Å². The zero-order valence-corrected chi connectivity index (χ0v) is 9.70. The third-order valence-electron chi connectivity index (χ3n) is 2.57. The molecule has 0 aliphatic carbocycles. The van der Waals surface area contributed by atoms with Crippen molar-refractivity contribution in [1.82, 2.24) is 0 Å². The first-order valence-electron chi connectivity index (χ1n) is 4.54. The number of alkyl halides is 1. The maximum absolute atomic E-state index is 9.91. The summed E-state index contributed by atoms with van der Waals surface area (Å²) in [4.78, 5) is -0.670. The van der Waals surface area contributed by atoms with Gasteiger partial charge >= 0.3 is 0 Å². The van der Waals surface area contributed by atoms with Gasteiger partial charge in [0.15, 0.2) is 0 Å². The van der Waals surface area contributed by atoms with Gasteiger partial charge in [0.1, 0.15) is 24.4 Å². The van der Waals surface area contributed by atoms with Gasteiger partial charge in [-0.1, -0.05) is 15.9 Å². The molecule has 6 nitrogen and oxygen atoms in total. The highest BCUT2D eigenvalue weighted by atomic mass is 79.9. The maximum atomic E-state index is 9.91. The lowest BCUT2D eigenvalue weighted by molar-refractivity contribution is -0.346. The van der Waals surface area contributed by atoms with Crippen molar-refractivity contribution < 1.29 is 30.3 Å². The van der Waals surface area contributed by atoms with Gasteiger partial charge in [-0.25, -0.2) is 0 Å². The summed E-state index contributed by atoms with van der Waals surface area (Å²) in [5.41, 5.74) is 0. The van der Waals surface area contributed by atoms with E-state index in [2.05, 4.69) is 15.9 Å². The first-order valence-corrected chi connectivity index (χ1v) is 5.45. The molecule has 0 radical (unpaired) electrons. The fourth-order valence-electron chi connectivity index (χ4n) is 1.51. The Balaban J connectivity index is 2.92. The summed E-state index contributed by atoms with van der Waals surface area (Å²) in [6.45, 7) is 0.953. The van der Waals surface area contributed by atoms with Crippen LogP contribution in [0.1, 0.15) is 6.92 Å². The predicted molar refractivity (Wildman–Crippen MR) is 53.3 cm³/mol. The highest BCUT2D eigenvalue weighted by molar-refractivity contribution is 9.09. The zero-order chi connectivity index (χ0) is 11.8. The second-order valence-corrected chi connectivity index (χ2v) is 5.01. The zero-order valence-electron chi connectivity index (χ0n) is 8.12. The summed E-state index contributed by atoms with van der Waals surface area (Å²) >= 11 is 3.03. The van der Waals surface area contributed by atoms with Gasteiger partial charge in [0.05, 0.1) is 11.4 Å². The first-order chi connectivity index (χ1) is 6.84. The molecule has 0 saturated carbocycles. The molecule has 90 valence electrons. The van der Waals surface area contributed by atoms with Crippen molar-refractivity contribution in [2.75, 3.05) is 6.61 Å². The summed E-state index contributed by atoms with van der Waals surface area (Å²) in [6.07, 6.45) is -5.78. The highest BCUT2D eigenvalue weighted by Gasteiger charge is 2.54. The molecule has 15 heavy (non-hydrogen) atoms. The quantitative estimate of drug-likeness (QED) is 0.373. The van der Waals surface area contributed by atoms with Crippen molar-refractivity contribution in [1.29, 1.82) is 0 Å². The van der Waals surface area contributed by atoms with Crippen molar-refractivity contribution in [2.45, 2.75) is 42.0 Å². The van der Waals surface area contributed by atoms with Gasteiger partial charge in [0.2, 0.25) is 5.79 Å². The number of aliphatic hydroxyl groups is 5. The molecule has 5 N–H and O–H groups in total. The predicted octanol–water partition coefficient (Wildman–Crippen LogP) is -2.07. The minimum Gasteiger partial charge on any atom is -0.394 e. The van der Waals surface area contributed by atoms with Crippen LogP contribution in [0.25, 0.3) is 0 Å². The van der Waals surface area contributed by atoms with Gasteiger partial charge in [-0.15, -0.1) is 0 Å². The second-order valence-electron chi connectivity index (χ2n) is 3.63. The van der Waals surface area contributed by atoms with Crippen LogP contribution < -0.4 is 0 Å². The van der Waals surface area contributed by atoms with E-state index in [4.69, 9.17) is 9.84 Å². The third-order valence-corrected chi connectivity index (χ3v) is 3.22. The molecule has 7 heteroatoms. The number of rotatable bonds is 2. The molecule has 0 amide bonds. The summed E-state index contributed by atoms with van der Waals surface area (Å²) < 4.78 is 4.98. The Hall–Kier alpha value is 0.240. The molecule has 1 fully saturated rings. The van der Waals surface area contributed by atoms with E-state index in [1.54, 1.807) is 0 Å². The van der Waals surface area contributed by atoms with Crippen LogP contribution in [0.2, 0.25) is 0 Å². The Morgan fingerprint density at radius 2 is 1.87 bits per heavy atom. The van der Waals surface area contributed by atoms with E-state index in [-0.39, 0.29) is 0 Å². The van der Waals surface area contributed by atoms with Crippen LogP contribution in [0.5, 0.6) is 0 Å². The molecule has 6 atom stereocenters. The third kappa shape index (κ3) is 2.19. The molecule has 1 aliphatic heterocycles. The highest BCUT2D eigenvalue weighted by Crippen LogP contribution is 2.33. The summed E-state index contributed by atoms with van der Waals surface area (Å²) in [5.74, 6) is -2.04. The van der Waals surface area contributed by atoms with Crippen molar-refractivity contribution >= 4 is 15.9 Å². The van der Waals surface area contributed by atoms with Crippen LogP contribution in [-0.2, 0) is 4.74 Å². The van der Waals surface area contributed by atoms with Crippen LogP contribution in [0.3, 0.4) is 0 Å². The standard InChI is InChI=1S/C8H15BrO6/c1-3(9)8(14)7(13)6(12)5(11)4(2-10)15-8/h3-7,10-14H,2H2,1H3/t3?,4-,5-,6+,7-,8?/m1/s1. The topological polar surface area (TPSA) is 110 Å². The van der Waals surface area contributed by atoms with Gasteiger partial charge in [-0.2, -0.15) is 0 Å². The number of aliphatic hydroxyl groups excluding tert-OH is 4. The van der Waals surface area contributed by atoms with Crippen molar-refractivity contribution in [3.8, 4) is 0 Å². The van der Waals surface area contributed by atoms with Crippen molar-refractivity contribution in [2.24, 2.45) is 0 Å². The number of hydrogen-bond donors (Lipinski definition) is 5. The Morgan fingerprint density at radius 3 is 2.27 bits per heavy atom. The van der Waals surface area contributed by atoms with E-state index in [0.29, 0.717) is 0 Å². The smallest absolute Gasteiger partial charge is 0.207 e. The van der Waals surface area contributed by atoms with E-state index < -0.39 is 41.6 Å². The SMILES string of the molecule is CC(Br)C1(O)O[C@H](CO)[C@@H](O)[C@H](O)[C@H]1O. The first kappa shape index (κ1) is 13.3. The minimum absolute atomic E-state index is 0.563. The van der Waals surface area contributed by atoms with Gasteiger partial charge in [-0.05, 0) is 6.92 Å². The van der Waals surface area contributed by atoms with Crippen LogP contribution in [-0.4, -0.2) is 67.2 Å². The summed E-state index contributed by atoms with van der Waals surface area (Å²) in [5, 5.41) is 47.2. The molecule has 1 rings (SSSR count). The van der Waals surface area contributed by atoms with E-state index in [0.717, 1.165) is 0 Å². The number of ether oxygens (including phenoxy) is 1. The summed E-state index contributed by atoms with van der Waals surface area (Å²) in [6, 6.07) is 0. The Kier molecular flexibility index (Phi) is 4.10. The van der Waals surface area contributed by atoms with E-state index in [1.807, 2.05) is 0 Å². The fourth-order valence-corrected chi connectivity index (χ4v) is 1.89. The number of hydrogen-bond acceptors (Lipinski definition) is 6. The van der Waals surface area contributed by atoms with Crippen LogP contribution in [0.15, 0.2) is 0 Å². The van der Waals surface area contributed by atoms with E-state index >= 15 is 0 Å². The molecule has 0 aromatic heterocycles. The summed E-state index contributed by atoms with van der Waals surface area (Å²) in [7, 11) is 0. The maximum Gasteiger partial charge on any atom is 0.207 e. The Morgan fingerprint density at radius 1 is 1.33 bits per heavy atom. The fraction of sp³-hybridized carbons (Fsp3) is 1.00. The van der Waals surface area contributed by atoms with Crippen LogP contribution in [0, 0.1) is 0 Å². The lowest BCUT2D eigenvalue weighted by Gasteiger charge is -2.46. The molecule has 2 unspecified atom stereocenters. The average molecular weight is 287 g/mol. The Bertz CT molecular complexity index is 223. The molecule has 0 spiro atoms. The van der Waals surface area contributed by atoms with Crippen molar-refractivity contribution in [3.05, 3.63) is 0 Å².